The fourth-order valence-electron chi connectivity index (χ4n) is 1.43. The number of methoxy groups -OCH3 is 1. The molecule has 0 amide bonds. The van der Waals surface area contributed by atoms with Gasteiger partial charge in [0, 0.05) is 16.9 Å². The Bertz CT molecular complexity index is 739. The van der Waals surface area contributed by atoms with Gasteiger partial charge in [-0.1, -0.05) is 27.5 Å². The van der Waals surface area contributed by atoms with Crippen molar-refractivity contribution in [1.82, 2.24) is 9.97 Å². The normalized spacial score (nSPS) is 11.2. The van der Waals surface area contributed by atoms with E-state index in [0.29, 0.717) is 4.47 Å². The molecule has 1 aromatic carbocycles. The predicted molar refractivity (Wildman–Crippen MR) is 78.5 cm³/mol. The van der Waals surface area contributed by atoms with Crippen molar-refractivity contribution in [1.29, 1.82) is 0 Å². The van der Waals surface area contributed by atoms with Gasteiger partial charge in [-0.15, -0.1) is 0 Å². The fraction of sp³-hybridized carbons (Fsp3) is 0.0909. The lowest BCUT2D eigenvalue weighted by atomic mass is 10.3. The number of sulfonamides is 1. The lowest BCUT2D eigenvalue weighted by molar-refractivity contribution is 0.403. The number of nitrogens with one attached hydrogen (secondary N) is 1. The maximum Gasteiger partial charge on any atom is 0.266 e. The molecule has 0 bridgehead atoms. The van der Waals surface area contributed by atoms with Crippen LogP contribution >= 0.6 is 27.5 Å². The molecule has 2 aromatic rings. The van der Waals surface area contributed by atoms with Gasteiger partial charge in [0.2, 0.25) is 0 Å². The lowest BCUT2D eigenvalue weighted by Gasteiger charge is -2.11. The number of anilines is 1. The standard InChI is InChI=1S/C11H9BrClN3O3S/c1-19-8-3-2-7(12)6-9(8)20(17,18)16-11-10(13)14-4-5-15-11/h2-6H,1H3,(H,15,16). The van der Waals surface area contributed by atoms with E-state index < -0.39 is 10.0 Å². The Labute approximate surface area is 129 Å². The van der Waals surface area contributed by atoms with Gasteiger partial charge in [0.1, 0.15) is 10.6 Å². The molecular weight excluding hydrogens is 370 g/mol. The van der Waals surface area contributed by atoms with Crippen LogP contribution in [0.25, 0.3) is 0 Å². The minimum absolute atomic E-state index is 0.0314. The maximum atomic E-state index is 12.3. The Morgan fingerprint density at radius 1 is 1.30 bits per heavy atom. The van der Waals surface area contributed by atoms with E-state index in [1.54, 1.807) is 6.07 Å². The topological polar surface area (TPSA) is 81.2 Å². The number of benzene rings is 1. The Morgan fingerprint density at radius 2 is 2.00 bits per heavy atom. The Kier molecular flexibility index (Phi) is 4.46. The van der Waals surface area contributed by atoms with Gasteiger partial charge in [0.05, 0.1) is 7.11 Å². The zero-order valence-corrected chi connectivity index (χ0v) is 13.3. The van der Waals surface area contributed by atoms with Gasteiger partial charge < -0.3 is 4.74 Å². The summed E-state index contributed by atoms with van der Waals surface area (Å²) in [6, 6.07) is 4.63. The van der Waals surface area contributed by atoms with Gasteiger partial charge in [0.25, 0.3) is 10.0 Å². The van der Waals surface area contributed by atoms with Crippen LogP contribution < -0.4 is 9.46 Å². The van der Waals surface area contributed by atoms with Crippen LogP contribution in [-0.2, 0) is 10.0 Å². The molecule has 2 rings (SSSR count). The number of nitrogens with zero attached hydrogens (tertiary/aromatic N) is 2. The van der Waals surface area contributed by atoms with E-state index in [0.717, 1.165) is 0 Å². The molecule has 1 aromatic heterocycles. The molecule has 9 heteroatoms. The van der Waals surface area contributed by atoms with Gasteiger partial charge in [-0.05, 0) is 18.2 Å². The van der Waals surface area contributed by atoms with Crippen molar-refractivity contribution in [2.75, 3.05) is 11.8 Å². The Balaban J connectivity index is 2.46. The Morgan fingerprint density at radius 3 is 2.65 bits per heavy atom. The summed E-state index contributed by atoms with van der Waals surface area (Å²) < 4.78 is 32.6. The molecule has 0 unspecified atom stereocenters. The van der Waals surface area contributed by atoms with Crippen LogP contribution in [0.4, 0.5) is 5.82 Å². The Hall–Kier alpha value is -1.38. The van der Waals surface area contributed by atoms with Crippen molar-refractivity contribution >= 4 is 43.4 Å². The van der Waals surface area contributed by atoms with Crippen molar-refractivity contribution < 1.29 is 13.2 Å². The third kappa shape index (κ3) is 3.20. The second-order valence-electron chi connectivity index (χ2n) is 3.60. The first-order valence-corrected chi connectivity index (χ1v) is 7.92. The average molecular weight is 379 g/mol. The van der Waals surface area contributed by atoms with E-state index in [9.17, 15) is 8.42 Å². The highest BCUT2D eigenvalue weighted by Crippen LogP contribution is 2.29. The highest BCUT2D eigenvalue weighted by molar-refractivity contribution is 9.10. The number of ether oxygens (including phenoxy) is 1. The molecule has 6 nitrogen and oxygen atoms in total. The van der Waals surface area contributed by atoms with Crippen LogP contribution in [0, 0.1) is 0 Å². The summed E-state index contributed by atoms with van der Waals surface area (Å²) in [5, 5.41) is -0.0370. The number of aromatic nitrogens is 2. The van der Waals surface area contributed by atoms with Crippen LogP contribution in [0.1, 0.15) is 0 Å². The molecule has 0 saturated heterocycles. The zero-order chi connectivity index (χ0) is 14.8. The third-order valence-corrected chi connectivity index (χ3v) is 4.43. The fourth-order valence-corrected chi connectivity index (χ4v) is 3.37. The molecule has 0 aliphatic carbocycles. The number of hydrogen-bond acceptors (Lipinski definition) is 5. The van der Waals surface area contributed by atoms with Crippen LogP contribution in [0.5, 0.6) is 5.75 Å². The summed E-state index contributed by atoms with van der Waals surface area (Å²) in [6.07, 6.45) is 2.70. The molecule has 1 N–H and O–H groups in total. The van der Waals surface area contributed by atoms with E-state index in [2.05, 4.69) is 30.6 Å². The van der Waals surface area contributed by atoms with Crippen molar-refractivity contribution in [3.63, 3.8) is 0 Å². The number of hydrogen-bond donors (Lipinski definition) is 1. The summed E-state index contributed by atoms with van der Waals surface area (Å²) in [5.41, 5.74) is 0. The SMILES string of the molecule is COc1ccc(Br)cc1S(=O)(=O)Nc1nccnc1Cl. The van der Waals surface area contributed by atoms with E-state index in [-0.39, 0.29) is 21.6 Å². The van der Waals surface area contributed by atoms with Gasteiger partial charge >= 0.3 is 0 Å². The summed E-state index contributed by atoms with van der Waals surface area (Å²) >= 11 is 9.00. The molecule has 0 atom stereocenters. The molecule has 106 valence electrons. The summed E-state index contributed by atoms with van der Waals surface area (Å²) in [6.45, 7) is 0. The smallest absolute Gasteiger partial charge is 0.266 e. The molecule has 0 saturated carbocycles. The van der Waals surface area contributed by atoms with Crippen LogP contribution in [-0.4, -0.2) is 25.5 Å². The third-order valence-electron chi connectivity index (χ3n) is 2.30. The maximum absolute atomic E-state index is 12.3. The molecule has 0 aliphatic heterocycles. The van der Waals surface area contributed by atoms with E-state index in [1.807, 2.05) is 0 Å². The van der Waals surface area contributed by atoms with Gasteiger partial charge in [0.15, 0.2) is 11.0 Å². The minimum Gasteiger partial charge on any atom is -0.495 e. The second-order valence-corrected chi connectivity index (χ2v) is 6.52. The monoisotopic (exact) mass is 377 g/mol. The van der Waals surface area contributed by atoms with Crippen LogP contribution in [0.3, 0.4) is 0 Å². The van der Waals surface area contributed by atoms with E-state index >= 15 is 0 Å². The van der Waals surface area contributed by atoms with E-state index in [1.165, 1.54) is 31.6 Å². The lowest BCUT2D eigenvalue weighted by Crippen LogP contribution is -2.15. The van der Waals surface area contributed by atoms with Crippen molar-refractivity contribution in [2.24, 2.45) is 0 Å². The van der Waals surface area contributed by atoms with Gasteiger partial charge in [-0.3, -0.25) is 4.72 Å². The van der Waals surface area contributed by atoms with Crippen molar-refractivity contribution in [3.05, 3.63) is 40.2 Å². The van der Waals surface area contributed by atoms with Gasteiger partial charge in [-0.2, -0.15) is 0 Å². The average Bonchev–Trinajstić information content (AvgIpc) is 2.41. The zero-order valence-electron chi connectivity index (χ0n) is 10.2. The molecule has 0 fully saturated rings. The molecule has 0 spiro atoms. The quantitative estimate of drug-likeness (QED) is 0.884. The molecular formula is C11H9BrClN3O3S. The second kappa shape index (κ2) is 5.94. The molecule has 0 radical (unpaired) electrons. The largest absolute Gasteiger partial charge is 0.495 e. The molecule has 0 aliphatic rings. The van der Waals surface area contributed by atoms with Crippen LogP contribution in [0.15, 0.2) is 40.0 Å². The number of rotatable bonds is 4. The minimum atomic E-state index is -3.89. The molecule has 20 heavy (non-hydrogen) atoms. The van der Waals surface area contributed by atoms with Crippen molar-refractivity contribution in [3.8, 4) is 5.75 Å². The number of halogens is 2. The van der Waals surface area contributed by atoms with Gasteiger partial charge in [-0.25, -0.2) is 18.4 Å². The van der Waals surface area contributed by atoms with Crippen LogP contribution in [0.2, 0.25) is 5.15 Å². The first-order valence-electron chi connectivity index (χ1n) is 5.27. The molecule has 1 heterocycles. The predicted octanol–water partition coefficient (Wildman–Crippen LogP) is 2.70. The highest BCUT2D eigenvalue weighted by atomic mass is 79.9. The summed E-state index contributed by atoms with van der Waals surface area (Å²) in [7, 11) is -2.51. The first kappa shape index (κ1) is 15.0. The van der Waals surface area contributed by atoms with Crippen molar-refractivity contribution in [2.45, 2.75) is 4.90 Å². The van der Waals surface area contributed by atoms with E-state index in [4.69, 9.17) is 16.3 Å². The summed E-state index contributed by atoms with van der Waals surface area (Å²) in [4.78, 5) is 7.55. The highest BCUT2D eigenvalue weighted by Gasteiger charge is 2.21. The first-order chi connectivity index (χ1) is 9.44. The summed E-state index contributed by atoms with van der Waals surface area (Å²) in [5.74, 6) is 0.164.